The number of ether oxygens (including phenoxy) is 2. The maximum Gasteiger partial charge on any atom is 0.216 e. The summed E-state index contributed by atoms with van der Waals surface area (Å²) >= 11 is 0. The first kappa shape index (κ1) is 10.2. The van der Waals surface area contributed by atoms with E-state index in [0.717, 1.165) is 25.2 Å². The fourth-order valence-electron chi connectivity index (χ4n) is 1.65. The van der Waals surface area contributed by atoms with Gasteiger partial charge in [-0.1, -0.05) is 0 Å². The number of hydrogen-bond acceptors (Lipinski definition) is 4. The molecule has 1 saturated heterocycles. The normalized spacial score (nSPS) is 20.5. The van der Waals surface area contributed by atoms with Gasteiger partial charge in [0.1, 0.15) is 0 Å². The van der Waals surface area contributed by atoms with E-state index in [1.165, 1.54) is 0 Å². The van der Waals surface area contributed by atoms with E-state index in [4.69, 9.17) is 15.2 Å². The lowest BCUT2D eigenvalue weighted by Crippen LogP contribution is -2.12. The zero-order valence-corrected chi connectivity index (χ0v) is 8.90. The number of aromatic nitrogens is 1. The Labute approximate surface area is 89.4 Å². The molecule has 1 aromatic rings. The molecule has 0 bridgehead atoms. The van der Waals surface area contributed by atoms with Gasteiger partial charge in [-0.05, 0) is 19.4 Å². The van der Waals surface area contributed by atoms with Gasteiger partial charge < -0.3 is 15.2 Å². The van der Waals surface area contributed by atoms with Crippen molar-refractivity contribution in [1.82, 2.24) is 4.98 Å². The third-order valence-corrected chi connectivity index (χ3v) is 2.53. The van der Waals surface area contributed by atoms with Crippen molar-refractivity contribution < 1.29 is 9.47 Å². The number of nitrogens with zero attached hydrogens (tertiary/aromatic N) is 1. The highest BCUT2D eigenvalue weighted by molar-refractivity contribution is 5.41. The predicted molar refractivity (Wildman–Crippen MR) is 57.8 cm³/mol. The van der Waals surface area contributed by atoms with Crippen LogP contribution < -0.4 is 10.5 Å². The van der Waals surface area contributed by atoms with E-state index >= 15 is 0 Å². The molecule has 1 fully saturated rings. The summed E-state index contributed by atoms with van der Waals surface area (Å²) in [6.07, 6.45) is 2.70. The van der Waals surface area contributed by atoms with Crippen LogP contribution in [-0.2, 0) is 4.74 Å². The Morgan fingerprint density at radius 2 is 2.53 bits per heavy atom. The third-order valence-electron chi connectivity index (χ3n) is 2.53. The van der Waals surface area contributed by atoms with Gasteiger partial charge in [0.25, 0.3) is 0 Å². The number of aryl methyl sites for hydroxylation is 1. The minimum atomic E-state index is 0.503. The van der Waals surface area contributed by atoms with E-state index in [1.54, 1.807) is 6.20 Å². The minimum Gasteiger partial charge on any atom is -0.477 e. The van der Waals surface area contributed by atoms with Gasteiger partial charge in [-0.3, -0.25) is 0 Å². The van der Waals surface area contributed by atoms with Crippen molar-refractivity contribution in [3.05, 3.63) is 17.8 Å². The van der Waals surface area contributed by atoms with Gasteiger partial charge in [-0.15, -0.1) is 0 Å². The molecule has 0 spiro atoms. The van der Waals surface area contributed by atoms with E-state index < -0.39 is 0 Å². The number of anilines is 1. The Balaban J connectivity index is 1.92. The molecule has 1 aliphatic rings. The van der Waals surface area contributed by atoms with Crippen LogP contribution >= 0.6 is 0 Å². The largest absolute Gasteiger partial charge is 0.477 e. The zero-order valence-electron chi connectivity index (χ0n) is 8.90. The monoisotopic (exact) mass is 208 g/mol. The number of nitrogen functional groups attached to an aromatic ring is 1. The van der Waals surface area contributed by atoms with Gasteiger partial charge in [0.05, 0.1) is 25.1 Å². The lowest BCUT2D eigenvalue weighted by molar-refractivity contribution is 0.165. The SMILES string of the molecule is Cc1cc(N)cnc1OCC1CCOC1. The molecule has 1 atom stereocenters. The second-order valence-electron chi connectivity index (χ2n) is 3.93. The van der Waals surface area contributed by atoms with Crippen molar-refractivity contribution in [3.8, 4) is 5.88 Å². The molecule has 4 heteroatoms. The lowest BCUT2D eigenvalue weighted by Gasteiger charge is -2.11. The van der Waals surface area contributed by atoms with Crippen LogP contribution in [-0.4, -0.2) is 24.8 Å². The Hall–Kier alpha value is -1.29. The molecule has 15 heavy (non-hydrogen) atoms. The molecule has 1 aromatic heterocycles. The van der Waals surface area contributed by atoms with Crippen LogP contribution in [0.15, 0.2) is 12.3 Å². The highest BCUT2D eigenvalue weighted by Gasteiger charge is 2.16. The molecule has 2 N–H and O–H groups in total. The van der Waals surface area contributed by atoms with Crippen molar-refractivity contribution in [2.45, 2.75) is 13.3 Å². The first-order valence-electron chi connectivity index (χ1n) is 5.18. The standard InChI is InChI=1S/C11H16N2O2/c1-8-4-10(12)5-13-11(8)15-7-9-2-3-14-6-9/h4-5,9H,2-3,6-7,12H2,1H3. The van der Waals surface area contributed by atoms with Crippen LogP contribution in [0.4, 0.5) is 5.69 Å². The summed E-state index contributed by atoms with van der Waals surface area (Å²) in [7, 11) is 0. The van der Waals surface area contributed by atoms with E-state index in [1.807, 2.05) is 13.0 Å². The van der Waals surface area contributed by atoms with Crippen LogP contribution in [0.1, 0.15) is 12.0 Å². The van der Waals surface area contributed by atoms with Crippen molar-refractivity contribution in [1.29, 1.82) is 0 Å². The highest BCUT2D eigenvalue weighted by Crippen LogP contribution is 2.19. The molecule has 1 aliphatic heterocycles. The van der Waals surface area contributed by atoms with Gasteiger partial charge in [0, 0.05) is 18.1 Å². The third kappa shape index (κ3) is 2.59. The summed E-state index contributed by atoms with van der Waals surface area (Å²) in [5, 5.41) is 0. The van der Waals surface area contributed by atoms with Crippen LogP contribution in [0, 0.1) is 12.8 Å². The second kappa shape index (κ2) is 4.49. The summed E-state index contributed by atoms with van der Waals surface area (Å²) in [5.41, 5.74) is 7.26. The first-order chi connectivity index (χ1) is 7.25. The van der Waals surface area contributed by atoms with Gasteiger partial charge in [-0.2, -0.15) is 0 Å². The predicted octanol–water partition coefficient (Wildman–Crippen LogP) is 1.39. The Bertz CT molecular complexity index is 335. The van der Waals surface area contributed by atoms with Gasteiger partial charge in [0.2, 0.25) is 5.88 Å². The maximum atomic E-state index is 5.63. The van der Waals surface area contributed by atoms with Gasteiger partial charge in [0.15, 0.2) is 0 Å². The Kier molecular flexibility index (Phi) is 3.06. The maximum absolute atomic E-state index is 5.63. The minimum absolute atomic E-state index is 0.503. The number of hydrogen-bond donors (Lipinski definition) is 1. The second-order valence-corrected chi connectivity index (χ2v) is 3.93. The quantitative estimate of drug-likeness (QED) is 0.815. The molecule has 2 heterocycles. The average molecular weight is 208 g/mol. The van der Waals surface area contributed by atoms with Crippen LogP contribution in [0.2, 0.25) is 0 Å². The lowest BCUT2D eigenvalue weighted by atomic mass is 10.1. The van der Waals surface area contributed by atoms with Gasteiger partial charge >= 0.3 is 0 Å². The Morgan fingerprint density at radius 3 is 3.20 bits per heavy atom. The zero-order chi connectivity index (χ0) is 10.7. The summed E-state index contributed by atoms with van der Waals surface area (Å²) in [5.74, 6) is 1.18. The molecular formula is C11H16N2O2. The number of rotatable bonds is 3. The molecule has 4 nitrogen and oxygen atoms in total. The van der Waals surface area contributed by atoms with Gasteiger partial charge in [-0.25, -0.2) is 4.98 Å². The average Bonchev–Trinajstić information content (AvgIpc) is 2.69. The Morgan fingerprint density at radius 1 is 1.67 bits per heavy atom. The number of pyridine rings is 1. The summed E-state index contributed by atoms with van der Waals surface area (Å²) in [6.45, 7) is 4.28. The molecule has 0 aliphatic carbocycles. The van der Waals surface area contributed by atoms with Crippen molar-refractivity contribution in [3.63, 3.8) is 0 Å². The summed E-state index contributed by atoms with van der Waals surface area (Å²) < 4.78 is 10.9. The van der Waals surface area contributed by atoms with Crippen molar-refractivity contribution >= 4 is 5.69 Å². The van der Waals surface area contributed by atoms with Crippen LogP contribution in [0.3, 0.4) is 0 Å². The molecule has 0 saturated carbocycles. The molecule has 2 rings (SSSR count). The summed E-state index contributed by atoms with van der Waals surface area (Å²) in [6, 6.07) is 1.87. The van der Waals surface area contributed by atoms with Crippen LogP contribution in [0.5, 0.6) is 5.88 Å². The van der Waals surface area contributed by atoms with E-state index in [9.17, 15) is 0 Å². The molecule has 82 valence electrons. The van der Waals surface area contributed by atoms with Crippen molar-refractivity contribution in [2.24, 2.45) is 5.92 Å². The number of nitrogens with two attached hydrogens (primary N) is 1. The van der Waals surface area contributed by atoms with E-state index in [-0.39, 0.29) is 0 Å². The topological polar surface area (TPSA) is 57.4 Å². The first-order valence-corrected chi connectivity index (χ1v) is 5.18. The van der Waals surface area contributed by atoms with Crippen molar-refractivity contribution in [2.75, 3.05) is 25.6 Å². The fraction of sp³-hybridized carbons (Fsp3) is 0.545. The van der Waals surface area contributed by atoms with E-state index in [2.05, 4.69) is 4.98 Å². The molecule has 0 aromatic carbocycles. The molecule has 1 unspecified atom stereocenters. The molecular weight excluding hydrogens is 192 g/mol. The van der Waals surface area contributed by atoms with Crippen LogP contribution in [0.25, 0.3) is 0 Å². The smallest absolute Gasteiger partial charge is 0.216 e. The summed E-state index contributed by atoms with van der Waals surface area (Å²) in [4.78, 5) is 4.15. The molecule has 0 amide bonds. The fourth-order valence-corrected chi connectivity index (χ4v) is 1.65. The molecule has 0 radical (unpaired) electrons. The van der Waals surface area contributed by atoms with E-state index in [0.29, 0.717) is 24.1 Å². The highest BCUT2D eigenvalue weighted by atomic mass is 16.5.